The van der Waals surface area contributed by atoms with Gasteiger partial charge in [0, 0.05) is 11.5 Å². The lowest BCUT2D eigenvalue weighted by atomic mass is 10.0. The average molecular weight is 274 g/mol. The second-order valence-electron chi connectivity index (χ2n) is 5.58. The number of unbranched alkanes of at least 4 members (excludes halogenated alkanes) is 1. The Hall–Kier alpha value is -1.12. The third-order valence-corrected chi connectivity index (χ3v) is 3.79. The van der Waals surface area contributed by atoms with Crippen LogP contribution in [0.25, 0.3) is 0 Å². The highest BCUT2D eigenvalue weighted by atomic mass is 16.7. The van der Waals surface area contributed by atoms with Crippen molar-refractivity contribution in [3.8, 4) is 0 Å². The third-order valence-electron chi connectivity index (χ3n) is 3.79. The Balaban J connectivity index is 1.83. The number of rotatable bonds is 7. The zero-order valence-electron chi connectivity index (χ0n) is 12.5. The van der Waals surface area contributed by atoms with Crippen LogP contribution in [-0.4, -0.2) is 13.2 Å². The van der Waals surface area contributed by atoms with E-state index in [-0.39, 0.29) is 6.29 Å². The lowest BCUT2D eigenvalue weighted by Gasteiger charge is -2.29. The summed E-state index contributed by atoms with van der Waals surface area (Å²) in [5.41, 5.74) is 2.50. The van der Waals surface area contributed by atoms with Crippen LogP contribution in [0.2, 0.25) is 0 Å². The molecule has 1 aliphatic rings. The summed E-state index contributed by atoms with van der Waals surface area (Å²) < 4.78 is 11.7. The minimum absolute atomic E-state index is 0.176. The number of allylic oxidation sites excluding steroid dienone is 1. The Morgan fingerprint density at radius 1 is 1.20 bits per heavy atom. The first kappa shape index (κ1) is 15.3. The van der Waals surface area contributed by atoms with Crippen LogP contribution in [-0.2, 0) is 15.9 Å². The van der Waals surface area contributed by atoms with Crippen LogP contribution in [0.15, 0.2) is 36.9 Å². The van der Waals surface area contributed by atoms with Crippen LogP contribution >= 0.6 is 0 Å². The van der Waals surface area contributed by atoms with Gasteiger partial charge in [0.2, 0.25) is 0 Å². The van der Waals surface area contributed by atoms with E-state index in [1.54, 1.807) is 0 Å². The van der Waals surface area contributed by atoms with Gasteiger partial charge in [0.05, 0.1) is 13.2 Å². The minimum atomic E-state index is -0.176. The molecule has 0 saturated carbocycles. The summed E-state index contributed by atoms with van der Waals surface area (Å²) in [5.74, 6) is 0.564. The Morgan fingerprint density at radius 2 is 1.90 bits per heavy atom. The number of hydrogen-bond donors (Lipinski definition) is 0. The molecule has 0 aromatic heterocycles. The molecule has 0 atom stereocenters. The van der Waals surface area contributed by atoms with E-state index in [0.717, 1.165) is 38.0 Å². The molecule has 110 valence electrons. The van der Waals surface area contributed by atoms with Crippen molar-refractivity contribution in [2.24, 2.45) is 5.92 Å². The molecule has 1 aromatic carbocycles. The van der Waals surface area contributed by atoms with Gasteiger partial charge in [-0.2, -0.15) is 0 Å². The molecule has 1 aromatic rings. The first-order valence-corrected chi connectivity index (χ1v) is 7.76. The lowest BCUT2D eigenvalue weighted by molar-refractivity contribution is -0.206. The molecule has 1 heterocycles. The minimum Gasteiger partial charge on any atom is -0.348 e. The van der Waals surface area contributed by atoms with E-state index < -0.39 is 0 Å². The zero-order chi connectivity index (χ0) is 14.2. The highest BCUT2D eigenvalue weighted by Crippen LogP contribution is 2.27. The van der Waals surface area contributed by atoms with Crippen molar-refractivity contribution in [3.05, 3.63) is 48.0 Å². The van der Waals surface area contributed by atoms with Gasteiger partial charge >= 0.3 is 0 Å². The molecule has 20 heavy (non-hydrogen) atoms. The van der Waals surface area contributed by atoms with Gasteiger partial charge in [0.25, 0.3) is 0 Å². The highest BCUT2D eigenvalue weighted by Gasteiger charge is 2.22. The fourth-order valence-electron chi connectivity index (χ4n) is 2.60. The standard InChI is InChI=1S/C18H26O2/c1-3-5-6-8-15-9-11-17(12-10-15)18-19-13-16(7-4-2)14-20-18/h3,9-12,16,18H,1,4-8,13-14H2,2H3. The van der Waals surface area contributed by atoms with Crippen LogP contribution < -0.4 is 0 Å². The Kier molecular flexibility index (Phi) is 6.28. The SMILES string of the molecule is C=CCCCc1ccc(C2OCC(CCC)CO2)cc1. The summed E-state index contributed by atoms with van der Waals surface area (Å²) in [6, 6.07) is 8.63. The van der Waals surface area contributed by atoms with Crippen LogP contribution in [0.5, 0.6) is 0 Å². The molecule has 2 nitrogen and oxygen atoms in total. The summed E-state index contributed by atoms with van der Waals surface area (Å²) in [6.07, 6.45) is 7.54. The van der Waals surface area contributed by atoms with Gasteiger partial charge in [-0.3, -0.25) is 0 Å². The lowest BCUT2D eigenvalue weighted by Crippen LogP contribution is -2.26. The first-order chi connectivity index (χ1) is 9.83. The molecule has 2 heteroatoms. The molecule has 1 aliphatic heterocycles. The van der Waals surface area contributed by atoms with Crippen LogP contribution in [0.4, 0.5) is 0 Å². The van der Waals surface area contributed by atoms with Gasteiger partial charge in [-0.1, -0.05) is 43.7 Å². The van der Waals surface area contributed by atoms with E-state index in [1.807, 2.05) is 6.08 Å². The number of aryl methyl sites for hydroxylation is 1. The van der Waals surface area contributed by atoms with Crippen molar-refractivity contribution < 1.29 is 9.47 Å². The van der Waals surface area contributed by atoms with Crippen LogP contribution in [0.3, 0.4) is 0 Å². The summed E-state index contributed by atoms with van der Waals surface area (Å²) in [7, 11) is 0. The second kappa shape index (κ2) is 8.23. The molecule has 0 amide bonds. The average Bonchev–Trinajstić information content (AvgIpc) is 2.49. The summed E-state index contributed by atoms with van der Waals surface area (Å²) >= 11 is 0. The van der Waals surface area contributed by atoms with E-state index >= 15 is 0 Å². The number of ether oxygens (including phenoxy) is 2. The van der Waals surface area contributed by atoms with Gasteiger partial charge in [0.1, 0.15) is 0 Å². The molecule has 2 rings (SSSR count). The van der Waals surface area contributed by atoms with Crippen molar-refractivity contribution in [3.63, 3.8) is 0 Å². The molecular weight excluding hydrogens is 248 g/mol. The quantitative estimate of drug-likeness (QED) is 0.532. The predicted molar refractivity (Wildman–Crippen MR) is 82.6 cm³/mol. The number of benzene rings is 1. The molecule has 0 unspecified atom stereocenters. The fraction of sp³-hybridized carbons (Fsp3) is 0.556. The molecule has 0 spiro atoms. The van der Waals surface area contributed by atoms with E-state index in [2.05, 4.69) is 37.8 Å². The molecular formula is C18H26O2. The monoisotopic (exact) mass is 274 g/mol. The van der Waals surface area contributed by atoms with Gasteiger partial charge < -0.3 is 9.47 Å². The van der Waals surface area contributed by atoms with E-state index in [0.29, 0.717) is 5.92 Å². The number of hydrogen-bond acceptors (Lipinski definition) is 2. The maximum atomic E-state index is 5.83. The van der Waals surface area contributed by atoms with Gasteiger partial charge in [-0.25, -0.2) is 0 Å². The van der Waals surface area contributed by atoms with E-state index in [4.69, 9.17) is 9.47 Å². The smallest absolute Gasteiger partial charge is 0.183 e. The Bertz CT molecular complexity index is 388. The molecule has 0 N–H and O–H groups in total. The predicted octanol–water partition coefficient (Wildman–Crippen LogP) is 4.66. The maximum absolute atomic E-state index is 5.83. The summed E-state index contributed by atoms with van der Waals surface area (Å²) in [6.45, 7) is 7.60. The fourth-order valence-corrected chi connectivity index (χ4v) is 2.60. The summed E-state index contributed by atoms with van der Waals surface area (Å²) in [5, 5.41) is 0. The highest BCUT2D eigenvalue weighted by molar-refractivity contribution is 5.23. The van der Waals surface area contributed by atoms with Gasteiger partial charge in [-0.05, 0) is 31.2 Å². The second-order valence-corrected chi connectivity index (χ2v) is 5.58. The van der Waals surface area contributed by atoms with Gasteiger partial charge in [0.15, 0.2) is 6.29 Å². The first-order valence-electron chi connectivity index (χ1n) is 7.76. The van der Waals surface area contributed by atoms with Crippen molar-refractivity contribution in [2.75, 3.05) is 13.2 Å². The van der Waals surface area contributed by atoms with E-state index in [9.17, 15) is 0 Å². The largest absolute Gasteiger partial charge is 0.348 e. The zero-order valence-corrected chi connectivity index (χ0v) is 12.5. The third kappa shape index (κ3) is 4.46. The Morgan fingerprint density at radius 3 is 2.50 bits per heavy atom. The van der Waals surface area contributed by atoms with Crippen LogP contribution in [0.1, 0.15) is 50.0 Å². The van der Waals surface area contributed by atoms with Crippen LogP contribution in [0, 0.1) is 5.92 Å². The Labute approximate surface area is 122 Å². The van der Waals surface area contributed by atoms with Crippen molar-refractivity contribution in [1.29, 1.82) is 0 Å². The molecule has 1 saturated heterocycles. The maximum Gasteiger partial charge on any atom is 0.183 e. The molecule has 1 fully saturated rings. The summed E-state index contributed by atoms with van der Waals surface area (Å²) in [4.78, 5) is 0. The normalized spacial score (nSPS) is 22.6. The van der Waals surface area contributed by atoms with Crippen molar-refractivity contribution >= 4 is 0 Å². The molecule has 0 bridgehead atoms. The molecule has 0 radical (unpaired) electrons. The topological polar surface area (TPSA) is 18.5 Å². The van der Waals surface area contributed by atoms with Crippen molar-refractivity contribution in [2.45, 2.75) is 45.3 Å². The van der Waals surface area contributed by atoms with Crippen molar-refractivity contribution in [1.82, 2.24) is 0 Å². The molecule has 0 aliphatic carbocycles. The van der Waals surface area contributed by atoms with E-state index in [1.165, 1.54) is 18.4 Å². The van der Waals surface area contributed by atoms with Gasteiger partial charge in [-0.15, -0.1) is 6.58 Å².